The Labute approximate surface area is 188 Å². The summed E-state index contributed by atoms with van der Waals surface area (Å²) in [6.07, 6.45) is 0. The molecule has 0 fully saturated rings. The summed E-state index contributed by atoms with van der Waals surface area (Å²) in [5.41, 5.74) is 3.88. The van der Waals surface area contributed by atoms with E-state index in [0.29, 0.717) is 17.9 Å². The third-order valence-corrected chi connectivity index (χ3v) is 5.73. The summed E-state index contributed by atoms with van der Waals surface area (Å²) in [6, 6.07) is 25.9. The molecule has 3 aromatic carbocycles. The molecule has 1 aromatic heterocycles. The Morgan fingerprint density at radius 1 is 0.906 bits per heavy atom. The highest BCUT2D eigenvalue weighted by atomic mass is 16.5. The zero-order valence-electron chi connectivity index (χ0n) is 18.6. The van der Waals surface area contributed by atoms with Crippen molar-refractivity contribution in [2.45, 2.75) is 32.5 Å². The molecule has 0 aliphatic rings. The minimum absolute atomic E-state index is 0.133. The number of ether oxygens (including phenoxy) is 1. The molecule has 0 spiro atoms. The van der Waals surface area contributed by atoms with E-state index in [4.69, 9.17) is 9.15 Å². The predicted octanol–water partition coefficient (Wildman–Crippen LogP) is 5.78. The van der Waals surface area contributed by atoms with Crippen LogP contribution in [0.3, 0.4) is 0 Å². The van der Waals surface area contributed by atoms with Crippen LogP contribution in [0.15, 0.2) is 83.3 Å². The standard InChI is InChI=1S/C27H28N2O3/c1-18(20-10-6-4-7-11-20)28-17-22-14-15-24(31-3)26-23(22)16-25(32-26)27(30)29-19(2)21-12-8-5-9-13-21/h4-16,18-19,28H,17H2,1-3H3,(H,29,30)/t18-,19-/m0/s1. The zero-order valence-corrected chi connectivity index (χ0v) is 18.6. The molecule has 164 valence electrons. The van der Waals surface area contributed by atoms with Crippen molar-refractivity contribution < 1.29 is 13.9 Å². The molecule has 1 amide bonds. The number of amides is 1. The van der Waals surface area contributed by atoms with Crippen molar-refractivity contribution in [1.29, 1.82) is 0 Å². The first kappa shape index (κ1) is 21.7. The van der Waals surface area contributed by atoms with Crippen LogP contribution in [0, 0.1) is 0 Å². The summed E-state index contributed by atoms with van der Waals surface area (Å²) in [5, 5.41) is 7.44. The van der Waals surface area contributed by atoms with Crippen LogP contribution < -0.4 is 15.4 Å². The van der Waals surface area contributed by atoms with Crippen molar-refractivity contribution in [1.82, 2.24) is 10.6 Å². The van der Waals surface area contributed by atoms with Crippen LogP contribution in [0.4, 0.5) is 0 Å². The van der Waals surface area contributed by atoms with Crippen LogP contribution in [0.25, 0.3) is 11.0 Å². The topological polar surface area (TPSA) is 63.5 Å². The van der Waals surface area contributed by atoms with E-state index in [2.05, 4.69) is 29.7 Å². The molecule has 1 heterocycles. The average molecular weight is 429 g/mol. The van der Waals surface area contributed by atoms with E-state index in [1.807, 2.05) is 67.6 Å². The maximum atomic E-state index is 12.9. The van der Waals surface area contributed by atoms with Gasteiger partial charge in [-0.2, -0.15) is 0 Å². The van der Waals surface area contributed by atoms with Crippen LogP contribution in [-0.4, -0.2) is 13.0 Å². The highest BCUT2D eigenvalue weighted by Crippen LogP contribution is 2.32. The van der Waals surface area contributed by atoms with Crippen molar-refractivity contribution in [2.24, 2.45) is 0 Å². The van der Waals surface area contributed by atoms with Gasteiger partial charge >= 0.3 is 0 Å². The predicted molar refractivity (Wildman–Crippen MR) is 127 cm³/mol. The van der Waals surface area contributed by atoms with Crippen molar-refractivity contribution in [3.05, 3.63) is 101 Å². The van der Waals surface area contributed by atoms with Crippen LogP contribution in [0.5, 0.6) is 5.75 Å². The highest BCUT2D eigenvalue weighted by molar-refractivity contribution is 5.98. The molecule has 4 aromatic rings. The van der Waals surface area contributed by atoms with E-state index in [0.717, 1.165) is 16.5 Å². The van der Waals surface area contributed by atoms with Crippen molar-refractivity contribution in [3.8, 4) is 5.75 Å². The number of hydrogen-bond acceptors (Lipinski definition) is 4. The number of fused-ring (bicyclic) bond motifs is 1. The van der Waals surface area contributed by atoms with Gasteiger partial charge in [-0.15, -0.1) is 0 Å². The molecule has 5 nitrogen and oxygen atoms in total. The average Bonchev–Trinajstić information content (AvgIpc) is 3.29. The van der Waals surface area contributed by atoms with Gasteiger partial charge in [-0.25, -0.2) is 0 Å². The Balaban J connectivity index is 1.55. The molecule has 4 rings (SSSR count). The lowest BCUT2D eigenvalue weighted by Crippen LogP contribution is -2.26. The molecule has 0 unspecified atom stereocenters. The Bertz CT molecular complexity index is 1190. The van der Waals surface area contributed by atoms with Crippen LogP contribution >= 0.6 is 0 Å². The number of hydrogen-bond donors (Lipinski definition) is 2. The Morgan fingerprint density at radius 2 is 1.53 bits per heavy atom. The van der Waals surface area contributed by atoms with E-state index >= 15 is 0 Å². The number of rotatable bonds is 8. The monoisotopic (exact) mass is 428 g/mol. The summed E-state index contributed by atoms with van der Waals surface area (Å²) >= 11 is 0. The molecular weight excluding hydrogens is 400 g/mol. The number of nitrogens with one attached hydrogen (secondary N) is 2. The van der Waals surface area contributed by atoms with E-state index in [-0.39, 0.29) is 23.8 Å². The Kier molecular flexibility index (Phi) is 6.57. The minimum atomic E-state index is -0.254. The Morgan fingerprint density at radius 3 is 2.16 bits per heavy atom. The molecule has 5 heteroatoms. The first-order valence-electron chi connectivity index (χ1n) is 10.8. The van der Waals surface area contributed by atoms with Crippen LogP contribution in [-0.2, 0) is 6.54 Å². The first-order valence-corrected chi connectivity index (χ1v) is 10.8. The van der Waals surface area contributed by atoms with Crippen molar-refractivity contribution >= 4 is 16.9 Å². The Hall–Kier alpha value is -3.57. The molecule has 2 atom stereocenters. The molecule has 0 radical (unpaired) electrons. The van der Waals surface area contributed by atoms with Gasteiger partial charge in [0.1, 0.15) is 0 Å². The van der Waals surface area contributed by atoms with Gasteiger partial charge in [0.15, 0.2) is 17.1 Å². The largest absolute Gasteiger partial charge is 0.493 e. The van der Waals surface area contributed by atoms with Crippen molar-refractivity contribution in [3.63, 3.8) is 0 Å². The lowest BCUT2D eigenvalue weighted by atomic mass is 10.1. The van der Waals surface area contributed by atoms with Crippen LogP contribution in [0.2, 0.25) is 0 Å². The molecule has 32 heavy (non-hydrogen) atoms. The van der Waals surface area contributed by atoms with Gasteiger partial charge < -0.3 is 19.8 Å². The maximum Gasteiger partial charge on any atom is 0.287 e. The molecule has 0 aliphatic carbocycles. The number of carbonyl (C=O) groups excluding carboxylic acids is 1. The molecule has 0 aliphatic heterocycles. The summed E-state index contributed by atoms with van der Waals surface area (Å²) < 4.78 is 11.4. The summed E-state index contributed by atoms with van der Waals surface area (Å²) in [5.74, 6) is 0.621. The first-order chi connectivity index (χ1) is 15.6. The fraction of sp³-hybridized carbons (Fsp3) is 0.222. The number of benzene rings is 3. The molecule has 0 saturated heterocycles. The SMILES string of the molecule is COc1ccc(CN[C@@H](C)c2ccccc2)c2cc(C(=O)N[C@@H](C)c3ccccc3)oc12. The second-order valence-corrected chi connectivity index (χ2v) is 7.90. The van der Waals surface area contributed by atoms with Gasteiger partial charge in [0.05, 0.1) is 13.2 Å². The smallest absolute Gasteiger partial charge is 0.287 e. The van der Waals surface area contributed by atoms with Gasteiger partial charge in [-0.1, -0.05) is 66.7 Å². The quantitative estimate of drug-likeness (QED) is 0.373. The van der Waals surface area contributed by atoms with Gasteiger partial charge in [-0.05, 0) is 42.7 Å². The lowest BCUT2D eigenvalue weighted by molar-refractivity contribution is 0.0914. The molecule has 0 bridgehead atoms. The van der Waals surface area contributed by atoms with Crippen LogP contribution in [0.1, 0.15) is 53.2 Å². The molecule has 2 N–H and O–H groups in total. The van der Waals surface area contributed by atoms with Gasteiger partial charge in [0, 0.05) is 18.0 Å². The molecular formula is C27H28N2O3. The van der Waals surface area contributed by atoms with Gasteiger partial charge in [0.2, 0.25) is 0 Å². The normalized spacial score (nSPS) is 13.0. The van der Waals surface area contributed by atoms with E-state index in [1.54, 1.807) is 13.2 Å². The fourth-order valence-corrected chi connectivity index (χ4v) is 3.80. The molecule has 0 saturated carbocycles. The van der Waals surface area contributed by atoms with Gasteiger partial charge in [-0.3, -0.25) is 4.79 Å². The summed E-state index contributed by atoms with van der Waals surface area (Å²) in [4.78, 5) is 12.9. The zero-order chi connectivity index (χ0) is 22.5. The third-order valence-electron chi connectivity index (χ3n) is 5.73. The van der Waals surface area contributed by atoms with Crippen molar-refractivity contribution in [2.75, 3.05) is 7.11 Å². The van der Waals surface area contributed by atoms with E-state index in [9.17, 15) is 4.79 Å². The number of methoxy groups -OCH3 is 1. The second-order valence-electron chi connectivity index (χ2n) is 7.90. The second kappa shape index (κ2) is 9.71. The fourth-order valence-electron chi connectivity index (χ4n) is 3.80. The number of carbonyl (C=O) groups is 1. The maximum absolute atomic E-state index is 12.9. The summed E-state index contributed by atoms with van der Waals surface area (Å²) in [7, 11) is 1.60. The summed E-state index contributed by atoms with van der Waals surface area (Å²) in [6.45, 7) is 4.73. The van der Waals surface area contributed by atoms with E-state index in [1.165, 1.54) is 5.56 Å². The highest BCUT2D eigenvalue weighted by Gasteiger charge is 2.19. The third kappa shape index (κ3) is 4.68. The lowest BCUT2D eigenvalue weighted by Gasteiger charge is -2.15. The minimum Gasteiger partial charge on any atom is -0.493 e. The van der Waals surface area contributed by atoms with Gasteiger partial charge in [0.25, 0.3) is 5.91 Å². The van der Waals surface area contributed by atoms with E-state index < -0.39 is 0 Å². The number of furan rings is 1.